The van der Waals surface area contributed by atoms with Gasteiger partial charge in [-0.25, -0.2) is 8.42 Å². The number of hydrogen-bond acceptors (Lipinski definition) is 4. The molecule has 0 aromatic heterocycles. The van der Waals surface area contributed by atoms with Gasteiger partial charge in [-0.15, -0.1) is 0 Å². The Labute approximate surface area is 121 Å². The molecule has 112 valence electrons. The molecule has 20 heavy (non-hydrogen) atoms. The summed E-state index contributed by atoms with van der Waals surface area (Å²) in [5, 5.41) is 0. The molecule has 0 radical (unpaired) electrons. The molecule has 2 N–H and O–H groups in total. The molecule has 2 atom stereocenters. The Kier molecular flexibility index (Phi) is 4.49. The van der Waals surface area contributed by atoms with Crippen LogP contribution in [0.5, 0.6) is 0 Å². The topological polar surface area (TPSA) is 66.6 Å². The second-order valence-corrected chi connectivity index (χ2v) is 7.40. The van der Waals surface area contributed by atoms with Gasteiger partial charge in [0.1, 0.15) is 0 Å². The molecule has 0 aliphatic carbocycles. The Morgan fingerprint density at radius 2 is 1.75 bits per heavy atom. The van der Waals surface area contributed by atoms with E-state index in [4.69, 9.17) is 5.73 Å². The lowest BCUT2D eigenvalue weighted by Crippen LogP contribution is -2.56. The lowest BCUT2D eigenvalue weighted by molar-refractivity contribution is 0.105. The van der Waals surface area contributed by atoms with Crippen LogP contribution in [0, 0.1) is 0 Å². The van der Waals surface area contributed by atoms with E-state index in [-0.39, 0.29) is 18.6 Å². The highest BCUT2D eigenvalue weighted by atomic mass is 32.2. The molecule has 0 amide bonds. The van der Waals surface area contributed by atoms with Crippen LogP contribution in [0.1, 0.15) is 19.4 Å². The monoisotopic (exact) mass is 297 g/mol. The summed E-state index contributed by atoms with van der Waals surface area (Å²) in [5.74, 6) is 0. The Balaban J connectivity index is 2.36. The van der Waals surface area contributed by atoms with Gasteiger partial charge in [-0.05, 0) is 32.5 Å². The maximum Gasteiger partial charge on any atom is 0.243 e. The molecule has 0 spiro atoms. The number of nitrogens with two attached hydrogens (primary N) is 1. The van der Waals surface area contributed by atoms with Gasteiger partial charge < -0.3 is 5.73 Å². The molecule has 2 unspecified atom stereocenters. The summed E-state index contributed by atoms with van der Waals surface area (Å²) in [6, 6.07) is 7.39. The van der Waals surface area contributed by atoms with E-state index in [1.54, 1.807) is 22.5 Å². The standard InChI is InChI=1S/C14H23N3O2S/c1-11-9-17(10-12(2)16(11)3)20(18,19)14-7-5-4-6-13(14)8-15/h4-7,11-12H,8-10,15H2,1-3H3. The summed E-state index contributed by atoms with van der Waals surface area (Å²) in [7, 11) is -1.43. The van der Waals surface area contributed by atoms with Crippen molar-refractivity contribution in [3.63, 3.8) is 0 Å². The minimum atomic E-state index is -3.47. The molecule has 1 aliphatic rings. The molecular formula is C14H23N3O2S. The average Bonchev–Trinajstić information content (AvgIpc) is 2.44. The highest BCUT2D eigenvalue weighted by molar-refractivity contribution is 7.89. The van der Waals surface area contributed by atoms with Gasteiger partial charge in [-0.2, -0.15) is 4.31 Å². The third kappa shape index (κ3) is 2.74. The van der Waals surface area contributed by atoms with Crippen molar-refractivity contribution in [2.75, 3.05) is 20.1 Å². The van der Waals surface area contributed by atoms with Gasteiger partial charge in [0.25, 0.3) is 0 Å². The third-order valence-corrected chi connectivity index (χ3v) is 6.07. The van der Waals surface area contributed by atoms with Crippen molar-refractivity contribution in [1.29, 1.82) is 0 Å². The Morgan fingerprint density at radius 3 is 2.30 bits per heavy atom. The fraction of sp³-hybridized carbons (Fsp3) is 0.571. The number of piperazine rings is 1. The highest BCUT2D eigenvalue weighted by Crippen LogP contribution is 2.24. The maximum atomic E-state index is 12.8. The van der Waals surface area contributed by atoms with E-state index in [2.05, 4.69) is 4.90 Å². The summed E-state index contributed by atoms with van der Waals surface area (Å²) in [6.45, 7) is 5.36. The third-order valence-electron chi connectivity index (χ3n) is 4.14. The number of benzene rings is 1. The molecule has 1 aliphatic heterocycles. The fourth-order valence-corrected chi connectivity index (χ4v) is 4.45. The average molecular weight is 297 g/mol. The molecule has 1 fully saturated rings. The normalized spacial score (nSPS) is 25.8. The lowest BCUT2D eigenvalue weighted by atomic mass is 10.1. The first kappa shape index (κ1) is 15.4. The number of nitrogens with zero attached hydrogens (tertiary/aromatic N) is 2. The molecule has 1 heterocycles. The van der Waals surface area contributed by atoms with Crippen molar-refractivity contribution < 1.29 is 8.42 Å². The Bertz CT molecular complexity index is 562. The number of likely N-dealkylation sites (N-methyl/N-ethyl adjacent to an activating group) is 1. The van der Waals surface area contributed by atoms with Gasteiger partial charge >= 0.3 is 0 Å². The van der Waals surface area contributed by atoms with Gasteiger partial charge in [0.15, 0.2) is 0 Å². The van der Waals surface area contributed by atoms with Crippen LogP contribution in [-0.2, 0) is 16.6 Å². The largest absolute Gasteiger partial charge is 0.326 e. The van der Waals surface area contributed by atoms with Crippen LogP contribution in [-0.4, -0.2) is 49.8 Å². The van der Waals surface area contributed by atoms with Crippen LogP contribution in [0.4, 0.5) is 0 Å². The maximum absolute atomic E-state index is 12.8. The molecule has 6 heteroatoms. The highest BCUT2D eigenvalue weighted by Gasteiger charge is 2.35. The summed E-state index contributed by atoms with van der Waals surface area (Å²) in [5.41, 5.74) is 6.34. The van der Waals surface area contributed by atoms with Crippen molar-refractivity contribution in [3.8, 4) is 0 Å². The zero-order valence-corrected chi connectivity index (χ0v) is 13.1. The Hall–Kier alpha value is -0.950. The van der Waals surface area contributed by atoms with Crippen LogP contribution in [0.2, 0.25) is 0 Å². The van der Waals surface area contributed by atoms with E-state index in [0.29, 0.717) is 23.5 Å². The smallest absolute Gasteiger partial charge is 0.243 e. The van der Waals surface area contributed by atoms with Crippen molar-refractivity contribution in [2.45, 2.75) is 37.4 Å². The summed E-state index contributed by atoms with van der Waals surface area (Å²) in [6.07, 6.45) is 0. The van der Waals surface area contributed by atoms with Crippen LogP contribution in [0.25, 0.3) is 0 Å². The quantitative estimate of drug-likeness (QED) is 0.898. The van der Waals surface area contributed by atoms with Gasteiger partial charge in [-0.1, -0.05) is 18.2 Å². The van der Waals surface area contributed by atoms with Crippen molar-refractivity contribution in [1.82, 2.24) is 9.21 Å². The van der Waals surface area contributed by atoms with Crippen LogP contribution in [0.3, 0.4) is 0 Å². The first-order valence-electron chi connectivity index (χ1n) is 6.88. The first-order valence-corrected chi connectivity index (χ1v) is 8.32. The van der Waals surface area contributed by atoms with Crippen molar-refractivity contribution >= 4 is 10.0 Å². The van der Waals surface area contributed by atoms with Gasteiger partial charge in [-0.3, -0.25) is 4.90 Å². The van der Waals surface area contributed by atoms with Crippen molar-refractivity contribution in [3.05, 3.63) is 29.8 Å². The molecule has 1 saturated heterocycles. The Morgan fingerprint density at radius 1 is 1.20 bits per heavy atom. The van der Waals surface area contributed by atoms with Crippen LogP contribution in [0.15, 0.2) is 29.2 Å². The molecule has 5 nitrogen and oxygen atoms in total. The number of sulfonamides is 1. The van der Waals surface area contributed by atoms with E-state index in [1.807, 2.05) is 27.0 Å². The van der Waals surface area contributed by atoms with E-state index in [1.165, 1.54) is 0 Å². The summed E-state index contributed by atoms with van der Waals surface area (Å²) >= 11 is 0. The zero-order chi connectivity index (χ0) is 14.9. The van der Waals surface area contributed by atoms with E-state index < -0.39 is 10.0 Å². The predicted molar refractivity (Wildman–Crippen MR) is 79.8 cm³/mol. The van der Waals surface area contributed by atoms with E-state index in [9.17, 15) is 8.42 Å². The van der Waals surface area contributed by atoms with Gasteiger partial charge in [0, 0.05) is 31.7 Å². The molecule has 2 rings (SSSR count). The minimum Gasteiger partial charge on any atom is -0.326 e. The molecule has 0 saturated carbocycles. The second kappa shape index (κ2) is 5.81. The molecule has 1 aromatic rings. The second-order valence-electron chi connectivity index (χ2n) is 5.50. The van der Waals surface area contributed by atoms with E-state index >= 15 is 0 Å². The summed E-state index contributed by atoms with van der Waals surface area (Å²) in [4.78, 5) is 2.55. The van der Waals surface area contributed by atoms with Crippen molar-refractivity contribution in [2.24, 2.45) is 5.73 Å². The lowest BCUT2D eigenvalue weighted by Gasteiger charge is -2.41. The van der Waals surface area contributed by atoms with Crippen LogP contribution >= 0.6 is 0 Å². The molecular weight excluding hydrogens is 274 g/mol. The molecule has 1 aromatic carbocycles. The van der Waals surface area contributed by atoms with Crippen LogP contribution < -0.4 is 5.73 Å². The number of rotatable bonds is 3. The molecule has 0 bridgehead atoms. The predicted octanol–water partition coefficient (Wildman–Crippen LogP) is 0.858. The SMILES string of the molecule is CC1CN(S(=O)(=O)c2ccccc2CN)CC(C)N1C. The minimum absolute atomic E-state index is 0.207. The number of hydrogen-bond donors (Lipinski definition) is 1. The van der Waals surface area contributed by atoms with Gasteiger partial charge in [0.05, 0.1) is 4.90 Å². The zero-order valence-electron chi connectivity index (χ0n) is 12.3. The first-order chi connectivity index (χ1) is 9.37. The fourth-order valence-electron chi connectivity index (χ4n) is 2.62. The van der Waals surface area contributed by atoms with E-state index in [0.717, 1.165) is 0 Å². The summed E-state index contributed by atoms with van der Waals surface area (Å²) < 4.78 is 27.2. The van der Waals surface area contributed by atoms with Gasteiger partial charge in [0.2, 0.25) is 10.0 Å².